The first-order valence-electron chi connectivity index (χ1n) is 6.22. The summed E-state index contributed by atoms with van der Waals surface area (Å²) in [5.41, 5.74) is 2.74. The first-order valence-corrected chi connectivity index (χ1v) is 6.22. The topological polar surface area (TPSA) is 82.1 Å². The molecule has 18 heavy (non-hydrogen) atoms. The summed E-state index contributed by atoms with van der Waals surface area (Å²) in [5.74, 6) is -0.935. The van der Waals surface area contributed by atoms with E-state index in [1.165, 1.54) is 4.90 Å². The van der Waals surface area contributed by atoms with E-state index < -0.39 is 12.0 Å². The zero-order valence-electron chi connectivity index (χ0n) is 10.5. The Balaban J connectivity index is 1.93. The van der Waals surface area contributed by atoms with Crippen molar-refractivity contribution in [3.63, 3.8) is 0 Å². The van der Waals surface area contributed by atoms with Gasteiger partial charge in [0.05, 0.1) is 13.2 Å². The molecule has 2 saturated heterocycles. The van der Waals surface area contributed by atoms with Crippen LogP contribution in [-0.2, 0) is 9.53 Å². The van der Waals surface area contributed by atoms with E-state index in [1.54, 1.807) is 5.01 Å². The van der Waals surface area contributed by atoms with Gasteiger partial charge in [-0.1, -0.05) is 6.92 Å². The Morgan fingerprint density at radius 3 is 2.56 bits per heavy atom. The largest absolute Gasteiger partial charge is 0.480 e. The lowest BCUT2D eigenvalue weighted by molar-refractivity contribution is -0.142. The maximum Gasteiger partial charge on any atom is 0.332 e. The molecule has 2 N–H and O–H groups in total. The van der Waals surface area contributed by atoms with Gasteiger partial charge in [0.2, 0.25) is 0 Å². The molecular formula is C11H19N3O4. The number of likely N-dealkylation sites (tertiary alicyclic amines) is 1. The minimum absolute atomic E-state index is 0.00191. The van der Waals surface area contributed by atoms with E-state index in [9.17, 15) is 9.59 Å². The fraction of sp³-hybridized carbons (Fsp3) is 0.818. The summed E-state index contributed by atoms with van der Waals surface area (Å²) in [5, 5.41) is 10.9. The van der Waals surface area contributed by atoms with Crippen LogP contribution in [0.4, 0.5) is 4.79 Å². The molecule has 2 aliphatic rings. The molecule has 0 bridgehead atoms. The number of ether oxygens (including phenoxy) is 1. The minimum atomic E-state index is -0.933. The number of aliphatic carboxylic acids is 1. The summed E-state index contributed by atoms with van der Waals surface area (Å²) < 4.78 is 5.18. The van der Waals surface area contributed by atoms with Crippen molar-refractivity contribution in [1.29, 1.82) is 0 Å². The number of carboxylic acids is 1. The Kier molecular flexibility index (Phi) is 4.03. The summed E-state index contributed by atoms with van der Waals surface area (Å²) in [7, 11) is 0. The molecule has 2 atom stereocenters. The summed E-state index contributed by atoms with van der Waals surface area (Å²) >= 11 is 0. The maximum absolute atomic E-state index is 12.0. The lowest BCUT2D eigenvalue weighted by Gasteiger charge is -2.30. The van der Waals surface area contributed by atoms with Gasteiger partial charge in [0.1, 0.15) is 6.04 Å². The van der Waals surface area contributed by atoms with Gasteiger partial charge in [0.15, 0.2) is 0 Å². The molecule has 2 aliphatic heterocycles. The molecular weight excluding hydrogens is 238 g/mol. The van der Waals surface area contributed by atoms with Crippen LogP contribution in [0.15, 0.2) is 0 Å². The van der Waals surface area contributed by atoms with Crippen molar-refractivity contribution in [2.45, 2.75) is 19.4 Å². The number of morpholine rings is 1. The molecule has 2 unspecified atom stereocenters. The highest BCUT2D eigenvalue weighted by atomic mass is 16.5. The molecule has 0 aliphatic carbocycles. The van der Waals surface area contributed by atoms with Crippen molar-refractivity contribution in [3.05, 3.63) is 0 Å². The highest BCUT2D eigenvalue weighted by Gasteiger charge is 2.39. The zero-order valence-corrected chi connectivity index (χ0v) is 10.5. The molecule has 0 saturated carbocycles. The monoisotopic (exact) mass is 257 g/mol. The van der Waals surface area contributed by atoms with E-state index in [0.717, 1.165) is 6.42 Å². The number of hydrazine groups is 1. The third kappa shape index (κ3) is 2.73. The standard InChI is InChI=1S/C11H19N3O4/c1-8-2-3-14(9(8)10(15)16)11(17)12-13-4-6-18-7-5-13/h8-9H,2-7H2,1H3,(H,12,17)(H,15,16). The van der Waals surface area contributed by atoms with Crippen molar-refractivity contribution in [1.82, 2.24) is 15.3 Å². The smallest absolute Gasteiger partial charge is 0.332 e. The van der Waals surface area contributed by atoms with Crippen LogP contribution >= 0.6 is 0 Å². The van der Waals surface area contributed by atoms with Crippen LogP contribution in [-0.4, -0.2) is 65.9 Å². The second kappa shape index (κ2) is 5.53. The molecule has 0 spiro atoms. The van der Waals surface area contributed by atoms with Gasteiger partial charge in [-0.05, 0) is 12.3 Å². The fourth-order valence-corrected chi connectivity index (χ4v) is 2.43. The van der Waals surface area contributed by atoms with Gasteiger partial charge in [-0.2, -0.15) is 0 Å². The number of nitrogens with zero attached hydrogens (tertiary/aromatic N) is 2. The van der Waals surface area contributed by atoms with Crippen molar-refractivity contribution in [3.8, 4) is 0 Å². The number of amides is 2. The van der Waals surface area contributed by atoms with Crippen LogP contribution in [0.2, 0.25) is 0 Å². The third-order valence-corrected chi connectivity index (χ3v) is 3.48. The number of hydrogen-bond acceptors (Lipinski definition) is 4. The van der Waals surface area contributed by atoms with Gasteiger partial charge < -0.3 is 14.7 Å². The lowest BCUT2D eigenvalue weighted by Crippen LogP contribution is -2.55. The maximum atomic E-state index is 12.0. The lowest BCUT2D eigenvalue weighted by atomic mass is 10.0. The first kappa shape index (κ1) is 13.1. The molecule has 2 rings (SSSR count). The summed E-state index contributed by atoms with van der Waals surface area (Å²) in [6, 6.07) is -1.04. The molecule has 0 aromatic heterocycles. The van der Waals surface area contributed by atoms with Gasteiger partial charge in [0, 0.05) is 19.6 Å². The van der Waals surface area contributed by atoms with Gasteiger partial charge in [-0.15, -0.1) is 0 Å². The molecule has 7 heteroatoms. The predicted molar refractivity (Wildman–Crippen MR) is 62.8 cm³/mol. The van der Waals surface area contributed by atoms with Gasteiger partial charge >= 0.3 is 12.0 Å². The average molecular weight is 257 g/mol. The SMILES string of the molecule is CC1CCN(C(=O)NN2CCOCC2)C1C(=O)O. The van der Waals surface area contributed by atoms with E-state index >= 15 is 0 Å². The van der Waals surface area contributed by atoms with Gasteiger partial charge in [-0.3, -0.25) is 5.43 Å². The third-order valence-electron chi connectivity index (χ3n) is 3.48. The Labute approximate surface area is 106 Å². The number of carboxylic acid groups (broad SMARTS) is 1. The number of carbonyl (C=O) groups is 2. The highest BCUT2D eigenvalue weighted by Crippen LogP contribution is 2.24. The quantitative estimate of drug-likeness (QED) is 0.712. The highest BCUT2D eigenvalue weighted by molar-refractivity contribution is 5.83. The van der Waals surface area contributed by atoms with E-state index in [0.29, 0.717) is 32.8 Å². The molecule has 2 heterocycles. The molecule has 0 aromatic carbocycles. The van der Waals surface area contributed by atoms with Crippen LogP contribution in [0, 0.1) is 5.92 Å². The van der Waals surface area contributed by atoms with Crippen molar-refractivity contribution >= 4 is 12.0 Å². The average Bonchev–Trinajstić information content (AvgIpc) is 2.72. The molecule has 2 fully saturated rings. The Morgan fingerprint density at radius 1 is 1.28 bits per heavy atom. The van der Waals surface area contributed by atoms with Crippen LogP contribution in [0.1, 0.15) is 13.3 Å². The minimum Gasteiger partial charge on any atom is -0.480 e. The van der Waals surface area contributed by atoms with Crippen LogP contribution in [0.3, 0.4) is 0 Å². The summed E-state index contributed by atoms with van der Waals surface area (Å²) in [4.78, 5) is 24.6. The van der Waals surface area contributed by atoms with Crippen LogP contribution in [0.5, 0.6) is 0 Å². The number of rotatable bonds is 2. The fourth-order valence-electron chi connectivity index (χ4n) is 2.43. The van der Waals surface area contributed by atoms with Crippen LogP contribution < -0.4 is 5.43 Å². The van der Waals surface area contributed by atoms with Crippen molar-refractivity contribution in [2.75, 3.05) is 32.8 Å². The number of urea groups is 1. The van der Waals surface area contributed by atoms with Crippen LogP contribution in [0.25, 0.3) is 0 Å². The Bertz CT molecular complexity index is 330. The van der Waals surface area contributed by atoms with E-state index in [2.05, 4.69) is 5.43 Å². The molecule has 0 radical (unpaired) electrons. The summed E-state index contributed by atoms with van der Waals surface area (Å²) in [6.07, 6.45) is 0.730. The molecule has 7 nitrogen and oxygen atoms in total. The van der Waals surface area contributed by atoms with Crippen molar-refractivity contribution in [2.24, 2.45) is 5.92 Å². The number of carbonyl (C=O) groups excluding carboxylic acids is 1. The second-order valence-electron chi connectivity index (χ2n) is 4.76. The zero-order chi connectivity index (χ0) is 13.1. The van der Waals surface area contributed by atoms with Gasteiger partial charge in [-0.25, -0.2) is 14.6 Å². The Morgan fingerprint density at radius 2 is 1.94 bits per heavy atom. The van der Waals surface area contributed by atoms with E-state index in [-0.39, 0.29) is 11.9 Å². The van der Waals surface area contributed by atoms with E-state index in [4.69, 9.17) is 9.84 Å². The molecule has 2 amide bonds. The summed E-state index contributed by atoms with van der Waals surface area (Å²) in [6.45, 7) is 4.78. The number of hydrogen-bond donors (Lipinski definition) is 2. The second-order valence-corrected chi connectivity index (χ2v) is 4.76. The first-order chi connectivity index (χ1) is 8.59. The van der Waals surface area contributed by atoms with Gasteiger partial charge in [0.25, 0.3) is 0 Å². The van der Waals surface area contributed by atoms with Crippen molar-refractivity contribution < 1.29 is 19.4 Å². The van der Waals surface area contributed by atoms with E-state index in [1.807, 2.05) is 6.92 Å². The normalized spacial score (nSPS) is 29.3. The Hall–Kier alpha value is -1.34. The molecule has 102 valence electrons. The predicted octanol–water partition coefficient (Wildman–Crippen LogP) is -0.262. The molecule has 0 aromatic rings. The number of nitrogens with one attached hydrogen (secondary N) is 1.